The minimum atomic E-state index is -3.91. The molecule has 1 saturated heterocycles. The van der Waals surface area contributed by atoms with E-state index >= 15 is 0 Å². The van der Waals surface area contributed by atoms with Crippen molar-refractivity contribution in [1.82, 2.24) is 9.29 Å². The van der Waals surface area contributed by atoms with Crippen LogP contribution < -0.4 is 9.64 Å². The van der Waals surface area contributed by atoms with Crippen LogP contribution in [0, 0.1) is 0 Å². The summed E-state index contributed by atoms with van der Waals surface area (Å²) in [6.07, 6.45) is 3.99. The highest BCUT2D eigenvalue weighted by Gasteiger charge is 2.38. The highest BCUT2D eigenvalue weighted by molar-refractivity contribution is 7.89. The molecule has 2 aliphatic rings. The number of benzene rings is 2. The molecule has 1 unspecified atom stereocenters. The fraction of sp³-hybridized carbons (Fsp3) is 0.393. The first-order chi connectivity index (χ1) is 18.4. The number of anilines is 1. The van der Waals surface area contributed by atoms with E-state index in [0.29, 0.717) is 43.9 Å². The molecule has 10 heteroatoms. The van der Waals surface area contributed by atoms with Crippen LogP contribution in [0.4, 0.5) is 5.69 Å². The van der Waals surface area contributed by atoms with Crippen LogP contribution in [0.1, 0.15) is 41.6 Å². The van der Waals surface area contributed by atoms with Gasteiger partial charge in [-0.1, -0.05) is 24.6 Å². The predicted molar refractivity (Wildman–Crippen MR) is 143 cm³/mol. The Balaban J connectivity index is 1.43. The number of hydrogen-bond donors (Lipinski definition) is 0. The zero-order valence-corrected chi connectivity index (χ0v) is 22.4. The summed E-state index contributed by atoms with van der Waals surface area (Å²) >= 11 is 0. The maximum absolute atomic E-state index is 13.7. The van der Waals surface area contributed by atoms with Gasteiger partial charge in [0.05, 0.1) is 25.0 Å². The molecule has 1 fully saturated rings. The average molecular weight is 538 g/mol. The van der Waals surface area contributed by atoms with Gasteiger partial charge in [-0.15, -0.1) is 0 Å². The molecule has 2 aliphatic heterocycles. The van der Waals surface area contributed by atoms with Crippen LogP contribution in [0.2, 0.25) is 0 Å². The van der Waals surface area contributed by atoms with Gasteiger partial charge in [-0.25, -0.2) is 13.4 Å². The first kappa shape index (κ1) is 26.3. The number of nitrogens with zero attached hydrogens (tertiary/aromatic N) is 3. The molecule has 0 bridgehead atoms. The molecule has 0 aliphatic carbocycles. The number of pyridine rings is 1. The molecule has 1 aromatic heterocycles. The van der Waals surface area contributed by atoms with E-state index in [1.54, 1.807) is 12.0 Å². The minimum Gasteiger partial charge on any atom is -0.481 e. The van der Waals surface area contributed by atoms with Crippen molar-refractivity contribution in [2.45, 2.75) is 43.0 Å². The number of piperidine rings is 1. The average Bonchev–Trinajstić information content (AvgIpc) is 3.22. The third-order valence-electron chi connectivity index (χ3n) is 7.32. The molecule has 0 saturated carbocycles. The van der Waals surface area contributed by atoms with E-state index in [1.807, 2.05) is 30.3 Å². The van der Waals surface area contributed by atoms with Crippen LogP contribution in [0.25, 0.3) is 10.8 Å². The van der Waals surface area contributed by atoms with Crippen molar-refractivity contribution in [3.63, 3.8) is 0 Å². The van der Waals surface area contributed by atoms with Gasteiger partial charge in [0.15, 0.2) is 5.78 Å². The zero-order valence-electron chi connectivity index (χ0n) is 21.6. The number of carbonyl (C=O) groups excluding carboxylic acids is 2. The Kier molecular flexibility index (Phi) is 7.47. The van der Waals surface area contributed by atoms with E-state index in [1.165, 1.54) is 29.7 Å². The SMILES string of the molecule is COCCCN1C(=O)c2cccc3c(CC(=O)C4CCCCN4S(=O)(=O)c4ccc(OC)nc4)ccc1c23. The van der Waals surface area contributed by atoms with Gasteiger partial charge < -0.3 is 14.4 Å². The number of carbonyl (C=O) groups is 2. The molecule has 0 spiro atoms. The maximum atomic E-state index is 13.7. The molecule has 5 rings (SSSR count). The lowest BCUT2D eigenvalue weighted by Crippen LogP contribution is -2.48. The third kappa shape index (κ3) is 4.68. The lowest BCUT2D eigenvalue weighted by Gasteiger charge is -2.33. The van der Waals surface area contributed by atoms with Crippen molar-refractivity contribution in [2.24, 2.45) is 0 Å². The van der Waals surface area contributed by atoms with Gasteiger partial charge in [0.25, 0.3) is 5.91 Å². The standard InChI is InChI=1S/C28H31N3O6S/c1-36-16-6-14-30-24-12-10-19(21-7-5-8-22(27(21)24)28(30)33)17-25(32)23-9-3-4-15-31(23)38(34,35)20-11-13-26(37-2)29-18-20/h5,7-8,10-13,18,23H,3-4,6,9,14-17H2,1-2H3. The van der Waals surface area contributed by atoms with Crippen LogP contribution >= 0.6 is 0 Å². The van der Waals surface area contributed by atoms with Crippen LogP contribution in [0.15, 0.2) is 53.6 Å². The smallest absolute Gasteiger partial charge is 0.258 e. The molecule has 0 radical (unpaired) electrons. The molecular weight excluding hydrogens is 506 g/mol. The lowest BCUT2D eigenvalue weighted by atomic mass is 9.93. The molecule has 3 aromatic rings. The third-order valence-corrected chi connectivity index (χ3v) is 9.21. The molecule has 200 valence electrons. The summed E-state index contributed by atoms with van der Waals surface area (Å²) in [5, 5.41) is 1.69. The number of methoxy groups -OCH3 is 2. The van der Waals surface area contributed by atoms with Crippen molar-refractivity contribution in [2.75, 3.05) is 38.8 Å². The van der Waals surface area contributed by atoms with E-state index in [-0.39, 0.29) is 29.6 Å². The molecule has 1 amide bonds. The van der Waals surface area contributed by atoms with Crippen molar-refractivity contribution < 1.29 is 27.5 Å². The Labute approximate surface area is 222 Å². The molecular formula is C28H31N3O6S. The van der Waals surface area contributed by atoms with Gasteiger partial charge in [-0.3, -0.25) is 9.59 Å². The summed E-state index contributed by atoms with van der Waals surface area (Å²) in [5.41, 5.74) is 2.25. The Hall–Kier alpha value is -3.34. The number of aromatic nitrogens is 1. The lowest BCUT2D eigenvalue weighted by molar-refractivity contribution is -0.122. The second kappa shape index (κ2) is 10.8. The topological polar surface area (TPSA) is 106 Å². The van der Waals surface area contributed by atoms with Crippen molar-refractivity contribution >= 4 is 38.2 Å². The fourth-order valence-corrected chi connectivity index (χ4v) is 7.07. The monoisotopic (exact) mass is 537 g/mol. The Morgan fingerprint density at radius 3 is 2.68 bits per heavy atom. The van der Waals surface area contributed by atoms with Gasteiger partial charge in [0.1, 0.15) is 4.90 Å². The number of hydrogen-bond acceptors (Lipinski definition) is 7. The number of sulfonamides is 1. The van der Waals surface area contributed by atoms with Crippen molar-refractivity contribution in [1.29, 1.82) is 0 Å². The first-order valence-corrected chi connectivity index (χ1v) is 14.2. The van der Waals surface area contributed by atoms with Crippen molar-refractivity contribution in [3.05, 3.63) is 59.8 Å². The van der Waals surface area contributed by atoms with E-state index in [9.17, 15) is 18.0 Å². The minimum absolute atomic E-state index is 0.0374. The summed E-state index contributed by atoms with van der Waals surface area (Å²) in [4.78, 5) is 32.6. The molecule has 9 nitrogen and oxygen atoms in total. The van der Waals surface area contributed by atoms with Crippen LogP contribution in [0.5, 0.6) is 5.88 Å². The number of ether oxygens (including phenoxy) is 2. The van der Waals surface area contributed by atoms with Gasteiger partial charge in [-0.2, -0.15) is 4.31 Å². The number of amides is 1. The van der Waals surface area contributed by atoms with Crippen molar-refractivity contribution in [3.8, 4) is 5.88 Å². The van der Waals surface area contributed by atoms with E-state index in [2.05, 4.69) is 4.98 Å². The van der Waals surface area contributed by atoms with Crippen LogP contribution in [-0.4, -0.2) is 69.4 Å². The predicted octanol–water partition coefficient (Wildman–Crippen LogP) is 3.60. The number of ketones is 1. The normalized spacial score (nSPS) is 17.8. The summed E-state index contributed by atoms with van der Waals surface area (Å²) < 4.78 is 38.5. The van der Waals surface area contributed by atoms with Crippen LogP contribution in [-0.2, 0) is 26.0 Å². The number of rotatable bonds is 10. The molecule has 2 aromatic carbocycles. The Bertz CT molecular complexity index is 1470. The summed E-state index contributed by atoms with van der Waals surface area (Å²) in [5.74, 6) is 0.109. The maximum Gasteiger partial charge on any atom is 0.258 e. The second-order valence-electron chi connectivity index (χ2n) is 9.58. The number of Topliss-reactive ketones (excluding diaryl/α,β-unsaturated/α-hetero) is 1. The summed E-state index contributed by atoms with van der Waals surface area (Å²) in [6.45, 7) is 1.38. The zero-order chi connectivity index (χ0) is 26.9. The van der Waals surface area contributed by atoms with Crippen LogP contribution in [0.3, 0.4) is 0 Å². The van der Waals surface area contributed by atoms with Gasteiger partial charge in [0, 0.05) is 50.2 Å². The first-order valence-electron chi connectivity index (χ1n) is 12.8. The highest BCUT2D eigenvalue weighted by Crippen LogP contribution is 2.39. The van der Waals surface area contributed by atoms with E-state index < -0.39 is 16.1 Å². The summed E-state index contributed by atoms with van der Waals surface area (Å²) in [7, 11) is -0.813. The Morgan fingerprint density at radius 2 is 1.95 bits per heavy atom. The van der Waals surface area contributed by atoms with Gasteiger partial charge in [0.2, 0.25) is 15.9 Å². The molecule has 1 atom stereocenters. The second-order valence-corrected chi connectivity index (χ2v) is 11.5. The quantitative estimate of drug-likeness (QED) is 0.364. The van der Waals surface area contributed by atoms with E-state index in [4.69, 9.17) is 9.47 Å². The molecule has 3 heterocycles. The molecule has 38 heavy (non-hydrogen) atoms. The van der Waals surface area contributed by atoms with E-state index in [0.717, 1.165) is 28.4 Å². The largest absolute Gasteiger partial charge is 0.481 e. The Morgan fingerprint density at radius 1 is 1.11 bits per heavy atom. The highest BCUT2D eigenvalue weighted by atomic mass is 32.2. The molecule has 0 N–H and O–H groups in total. The summed E-state index contributed by atoms with van der Waals surface area (Å²) in [6, 6.07) is 11.5. The van der Waals surface area contributed by atoms with Gasteiger partial charge >= 0.3 is 0 Å². The fourth-order valence-electron chi connectivity index (χ4n) is 5.45. The van der Waals surface area contributed by atoms with Gasteiger partial charge in [-0.05, 0) is 48.4 Å².